The average Bonchev–Trinajstić information content (AvgIpc) is 2.34. The third-order valence-corrected chi connectivity index (χ3v) is 2.30. The number of hydrogen-bond acceptors (Lipinski definition) is 6. The molecule has 0 radical (unpaired) electrons. The van der Waals surface area contributed by atoms with Gasteiger partial charge in [-0.3, -0.25) is 14.9 Å². The molecule has 1 rings (SSSR count). The van der Waals surface area contributed by atoms with Gasteiger partial charge in [-0.2, -0.15) is 0 Å². The fourth-order valence-corrected chi connectivity index (χ4v) is 1.21. The standard InChI is InChI=1S/C10H14N4O4/c1-6(18-2)4-13-10(15)7-3-9(11)12-5-8(7)14(16)17/h3,5-6H,4H2,1-2H3,(H2,11,12)(H,13,15). The van der Waals surface area contributed by atoms with Crippen LogP contribution in [0.5, 0.6) is 0 Å². The molecule has 3 N–H and O–H groups in total. The van der Waals surface area contributed by atoms with Crippen LogP contribution in [-0.2, 0) is 4.74 Å². The fraction of sp³-hybridized carbons (Fsp3) is 0.400. The summed E-state index contributed by atoms with van der Waals surface area (Å²) in [7, 11) is 1.50. The number of hydrogen-bond donors (Lipinski definition) is 2. The number of rotatable bonds is 5. The highest BCUT2D eigenvalue weighted by molar-refractivity contribution is 5.98. The molecule has 1 heterocycles. The number of nitrogens with two attached hydrogens (primary N) is 1. The monoisotopic (exact) mass is 254 g/mol. The van der Waals surface area contributed by atoms with E-state index in [1.165, 1.54) is 13.2 Å². The van der Waals surface area contributed by atoms with Crippen molar-refractivity contribution in [3.63, 3.8) is 0 Å². The van der Waals surface area contributed by atoms with Gasteiger partial charge in [-0.25, -0.2) is 4.98 Å². The van der Waals surface area contributed by atoms with Crippen LogP contribution in [0.1, 0.15) is 17.3 Å². The van der Waals surface area contributed by atoms with E-state index in [-0.39, 0.29) is 29.7 Å². The van der Waals surface area contributed by atoms with Gasteiger partial charge in [-0.05, 0) is 13.0 Å². The van der Waals surface area contributed by atoms with Crippen LogP contribution in [0.4, 0.5) is 11.5 Å². The van der Waals surface area contributed by atoms with Crippen LogP contribution in [0.2, 0.25) is 0 Å². The number of aromatic nitrogens is 1. The number of anilines is 1. The maximum absolute atomic E-state index is 11.8. The Morgan fingerprint density at radius 1 is 1.72 bits per heavy atom. The minimum Gasteiger partial charge on any atom is -0.384 e. The second-order valence-corrected chi connectivity index (χ2v) is 3.64. The first-order valence-corrected chi connectivity index (χ1v) is 5.16. The van der Waals surface area contributed by atoms with Gasteiger partial charge >= 0.3 is 0 Å². The van der Waals surface area contributed by atoms with Crippen molar-refractivity contribution in [3.05, 3.63) is 27.9 Å². The Hall–Kier alpha value is -2.22. The van der Waals surface area contributed by atoms with Gasteiger partial charge in [0.2, 0.25) is 0 Å². The molecular weight excluding hydrogens is 240 g/mol. The van der Waals surface area contributed by atoms with Gasteiger partial charge in [-0.1, -0.05) is 0 Å². The van der Waals surface area contributed by atoms with E-state index in [9.17, 15) is 14.9 Å². The van der Waals surface area contributed by atoms with Crippen LogP contribution in [0.3, 0.4) is 0 Å². The molecule has 0 aliphatic heterocycles. The maximum atomic E-state index is 11.8. The van der Waals surface area contributed by atoms with Crippen molar-refractivity contribution >= 4 is 17.4 Å². The second kappa shape index (κ2) is 5.92. The summed E-state index contributed by atoms with van der Waals surface area (Å²) in [4.78, 5) is 25.4. The first kappa shape index (κ1) is 13.8. The van der Waals surface area contributed by atoms with Crippen molar-refractivity contribution < 1.29 is 14.5 Å². The van der Waals surface area contributed by atoms with Crippen LogP contribution >= 0.6 is 0 Å². The summed E-state index contributed by atoms with van der Waals surface area (Å²) >= 11 is 0. The Morgan fingerprint density at radius 2 is 2.39 bits per heavy atom. The molecule has 18 heavy (non-hydrogen) atoms. The van der Waals surface area contributed by atoms with E-state index < -0.39 is 10.8 Å². The third kappa shape index (κ3) is 3.39. The lowest BCUT2D eigenvalue weighted by Gasteiger charge is -2.10. The third-order valence-electron chi connectivity index (χ3n) is 2.30. The van der Waals surface area contributed by atoms with Crippen LogP contribution in [-0.4, -0.2) is 35.6 Å². The molecule has 0 aliphatic rings. The molecule has 0 bridgehead atoms. The summed E-state index contributed by atoms with van der Waals surface area (Å²) in [6.07, 6.45) is 0.775. The molecular formula is C10H14N4O4. The van der Waals surface area contributed by atoms with E-state index in [0.29, 0.717) is 0 Å². The number of ether oxygens (including phenoxy) is 1. The zero-order chi connectivity index (χ0) is 13.7. The van der Waals surface area contributed by atoms with Crippen molar-refractivity contribution in [2.24, 2.45) is 0 Å². The number of nitro groups is 1. The minimum absolute atomic E-state index is 0.0468. The summed E-state index contributed by atoms with van der Waals surface area (Å²) in [5.74, 6) is -0.537. The van der Waals surface area contributed by atoms with Crippen molar-refractivity contribution in [1.82, 2.24) is 10.3 Å². The molecule has 0 spiro atoms. The van der Waals surface area contributed by atoms with E-state index in [2.05, 4.69) is 10.3 Å². The summed E-state index contributed by atoms with van der Waals surface area (Å²) in [6.45, 7) is 2.00. The molecule has 0 saturated carbocycles. The smallest absolute Gasteiger partial charge is 0.300 e. The molecule has 0 aromatic carbocycles. The first-order valence-electron chi connectivity index (χ1n) is 5.16. The Labute approximate surface area is 103 Å². The Bertz CT molecular complexity index is 463. The van der Waals surface area contributed by atoms with Crippen LogP contribution < -0.4 is 11.1 Å². The van der Waals surface area contributed by atoms with Gasteiger partial charge in [0.15, 0.2) is 0 Å². The minimum atomic E-state index is -0.679. The van der Waals surface area contributed by atoms with Crippen molar-refractivity contribution in [2.75, 3.05) is 19.4 Å². The number of nitrogens with one attached hydrogen (secondary N) is 1. The molecule has 0 saturated heterocycles. The average molecular weight is 254 g/mol. The lowest BCUT2D eigenvalue weighted by atomic mass is 10.2. The normalized spacial score (nSPS) is 11.9. The number of amides is 1. The Kier molecular flexibility index (Phi) is 4.55. The van der Waals surface area contributed by atoms with E-state index in [0.717, 1.165) is 6.20 Å². The zero-order valence-electron chi connectivity index (χ0n) is 10.0. The number of carbonyl (C=O) groups excluding carboxylic acids is 1. The van der Waals surface area contributed by atoms with Gasteiger partial charge in [0, 0.05) is 13.7 Å². The van der Waals surface area contributed by atoms with Gasteiger partial charge in [-0.15, -0.1) is 0 Å². The van der Waals surface area contributed by atoms with Crippen molar-refractivity contribution in [3.8, 4) is 0 Å². The Balaban J connectivity index is 2.90. The van der Waals surface area contributed by atoms with Crippen LogP contribution in [0.25, 0.3) is 0 Å². The van der Waals surface area contributed by atoms with Gasteiger partial charge in [0.05, 0.1) is 11.0 Å². The van der Waals surface area contributed by atoms with E-state index >= 15 is 0 Å². The van der Waals surface area contributed by atoms with Crippen LogP contribution in [0, 0.1) is 10.1 Å². The predicted octanol–water partition coefficient (Wildman–Crippen LogP) is 0.337. The molecule has 0 aliphatic carbocycles. The molecule has 1 aromatic rings. The van der Waals surface area contributed by atoms with Gasteiger partial charge in [0.1, 0.15) is 17.6 Å². The van der Waals surface area contributed by atoms with Gasteiger partial charge < -0.3 is 15.8 Å². The number of pyridine rings is 1. The highest BCUT2D eigenvalue weighted by Crippen LogP contribution is 2.18. The molecule has 1 unspecified atom stereocenters. The molecule has 8 heteroatoms. The summed E-state index contributed by atoms with van der Waals surface area (Å²) in [6, 6.07) is 1.17. The second-order valence-electron chi connectivity index (χ2n) is 3.64. The zero-order valence-corrected chi connectivity index (χ0v) is 10.0. The summed E-state index contributed by atoms with van der Waals surface area (Å²) in [5.41, 5.74) is 4.91. The lowest BCUT2D eigenvalue weighted by molar-refractivity contribution is -0.385. The maximum Gasteiger partial charge on any atom is 0.300 e. The number of carbonyl (C=O) groups is 1. The SMILES string of the molecule is COC(C)CNC(=O)c1cc(N)ncc1[N+](=O)[O-]. The van der Waals surface area contributed by atoms with Crippen LogP contribution in [0.15, 0.2) is 12.3 Å². The summed E-state index contributed by atoms with van der Waals surface area (Å²) in [5, 5.41) is 13.3. The largest absolute Gasteiger partial charge is 0.384 e. The molecule has 98 valence electrons. The van der Waals surface area contributed by atoms with E-state index in [4.69, 9.17) is 10.5 Å². The Morgan fingerprint density at radius 3 is 2.94 bits per heavy atom. The van der Waals surface area contributed by atoms with Crippen molar-refractivity contribution in [1.29, 1.82) is 0 Å². The number of methoxy groups -OCH3 is 1. The van der Waals surface area contributed by atoms with Crippen molar-refractivity contribution in [2.45, 2.75) is 13.0 Å². The molecule has 8 nitrogen and oxygen atoms in total. The number of nitrogen functional groups attached to an aromatic ring is 1. The van der Waals surface area contributed by atoms with E-state index in [1.54, 1.807) is 6.92 Å². The molecule has 1 aromatic heterocycles. The molecule has 1 atom stereocenters. The number of nitrogens with zero attached hydrogens (tertiary/aromatic N) is 2. The lowest BCUT2D eigenvalue weighted by Crippen LogP contribution is -2.32. The molecule has 0 fully saturated rings. The topological polar surface area (TPSA) is 120 Å². The highest BCUT2D eigenvalue weighted by Gasteiger charge is 2.21. The van der Waals surface area contributed by atoms with Gasteiger partial charge in [0.25, 0.3) is 11.6 Å². The predicted molar refractivity (Wildman–Crippen MR) is 64.1 cm³/mol. The molecule has 1 amide bonds. The summed E-state index contributed by atoms with van der Waals surface area (Å²) < 4.78 is 4.95. The fourth-order valence-electron chi connectivity index (χ4n) is 1.21. The van der Waals surface area contributed by atoms with E-state index in [1.807, 2.05) is 0 Å². The first-order chi connectivity index (χ1) is 8.45. The quantitative estimate of drug-likeness (QED) is 0.577. The highest BCUT2D eigenvalue weighted by atomic mass is 16.6.